The molecular formula is C19H21N7O3. The summed E-state index contributed by atoms with van der Waals surface area (Å²) in [6, 6.07) is 3.12. The highest BCUT2D eigenvalue weighted by atomic mass is 16.4. The van der Waals surface area contributed by atoms with Gasteiger partial charge in [-0.1, -0.05) is 5.21 Å². The number of carboxylic acid groups (broad SMARTS) is 1. The molecule has 3 aromatic heterocycles. The lowest BCUT2D eigenvalue weighted by Crippen LogP contribution is -2.39. The summed E-state index contributed by atoms with van der Waals surface area (Å²) in [7, 11) is 1.80. The van der Waals surface area contributed by atoms with Crippen molar-refractivity contribution in [1.29, 1.82) is 0 Å². The van der Waals surface area contributed by atoms with E-state index in [2.05, 4.69) is 20.4 Å². The average Bonchev–Trinajstić information content (AvgIpc) is 3.37. The molecule has 4 rings (SSSR count). The number of likely N-dealkylation sites (tertiary alicyclic amines) is 1. The quantitative estimate of drug-likeness (QED) is 0.692. The first-order valence-electron chi connectivity index (χ1n) is 9.37. The number of amides is 1. The van der Waals surface area contributed by atoms with E-state index in [1.54, 1.807) is 34.9 Å². The lowest BCUT2D eigenvalue weighted by molar-refractivity contribution is 0.0676. The fourth-order valence-corrected chi connectivity index (χ4v) is 3.47. The third-order valence-corrected chi connectivity index (χ3v) is 5.11. The second-order valence-corrected chi connectivity index (χ2v) is 7.20. The van der Waals surface area contributed by atoms with Gasteiger partial charge in [0.15, 0.2) is 0 Å². The van der Waals surface area contributed by atoms with E-state index in [1.165, 1.54) is 12.3 Å². The molecule has 1 aliphatic rings. The number of nitrogens with zero attached hydrogens (tertiary/aromatic N) is 7. The van der Waals surface area contributed by atoms with Crippen molar-refractivity contribution < 1.29 is 14.7 Å². The summed E-state index contributed by atoms with van der Waals surface area (Å²) >= 11 is 0. The maximum Gasteiger partial charge on any atom is 0.337 e. The minimum atomic E-state index is -1.01. The Morgan fingerprint density at radius 3 is 2.52 bits per heavy atom. The number of piperidine rings is 1. The normalized spacial score (nSPS) is 14.9. The number of aromatic nitrogens is 6. The van der Waals surface area contributed by atoms with E-state index < -0.39 is 5.97 Å². The molecule has 1 N–H and O–H groups in total. The van der Waals surface area contributed by atoms with Gasteiger partial charge in [-0.25, -0.2) is 4.79 Å². The van der Waals surface area contributed by atoms with Crippen molar-refractivity contribution >= 4 is 11.9 Å². The highest BCUT2D eigenvalue weighted by Crippen LogP contribution is 2.21. The molecule has 0 saturated carbocycles. The van der Waals surface area contributed by atoms with Crippen LogP contribution in [0.2, 0.25) is 0 Å². The van der Waals surface area contributed by atoms with Crippen LogP contribution in [0.1, 0.15) is 33.6 Å². The molecule has 0 bridgehead atoms. The molecular weight excluding hydrogens is 374 g/mol. The molecule has 4 heterocycles. The molecule has 10 heteroatoms. The van der Waals surface area contributed by atoms with Crippen LogP contribution in [0.15, 0.2) is 36.9 Å². The van der Waals surface area contributed by atoms with Gasteiger partial charge in [-0.2, -0.15) is 5.10 Å². The van der Waals surface area contributed by atoms with Gasteiger partial charge in [0.05, 0.1) is 29.2 Å². The van der Waals surface area contributed by atoms with E-state index in [9.17, 15) is 9.59 Å². The number of carbonyl (C=O) groups excluding carboxylic acids is 1. The largest absolute Gasteiger partial charge is 0.478 e. The molecule has 0 spiro atoms. The number of carbonyl (C=O) groups is 2. The number of carboxylic acids is 1. The van der Waals surface area contributed by atoms with Gasteiger partial charge in [-0.15, -0.1) is 5.10 Å². The Morgan fingerprint density at radius 1 is 1.10 bits per heavy atom. The monoisotopic (exact) mass is 395 g/mol. The van der Waals surface area contributed by atoms with Gasteiger partial charge >= 0.3 is 5.97 Å². The number of aromatic carboxylic acids is 1. The molecule has 3 aromatic rings. The van der Waals surface area contributed by atoms with Crippen molar-refractivity contribution in [3.05, 3.63) is 48.0 Å². The van der Waals surface area contributed by atoms with Crippen molar-refractivity contribution in [2.75, 3.05) is 13.1 Å². The molecule has 29 heavy (non-hydrogen) atoms. The smallest absolute Gasteiger partial charge is 0.337 e. The summed E-state index contributed by atoms with van der Waals surface area (Å²) in [5.74, 6) is -0.582. The minimum Gasteiger partial charge on any atom is -0.478 e. The maximum atomic E-state index is 12.5. The first kappa shape index (κ1) is 18.8. The first-order valence-corrected chi connectivity index (χ1v) is 9.37. The highest BCUT2D eigenvalue weighted by Gasteiger charge is 2.25. The minimum absolute atomic E-state index is 0.0236. The van der Waals surface area contributed by atoms with Gasteiger partial charge in [0.2, 0.25) is 0 Å². The van der Waals surface area contributed by atoms with Crippen LogP contribution < -0.4 is 0 Å². The molecule has 1 aliphatic heterocycles. The predicted molar refractivity (Wildman–Crippen MR) is 102 cm³/mol. The van der Waals surface area contributed by atoms with Crippen molar-refractivity contribution in [3.63, 3.8) is 0 Å². The zero-order valence-corrected chi connectivity index (χ0v) is 16.0. The molecule has 1 saturated heterocycles. The van der Waals surface area contributed by atoms with E-state index >= 15 is 0 Å². The second kappa shape index (κ2) is 7.82. The third kappa shape index (κ3) is 4.15. The zero-order valence-electron chi connectivity index (χ0n) is 16.0. The van der Waals surface area contributed by atoms with Crippen LogP contribution in [-0.2, 0) is 13.6 Å². The Kier molecular flexibility index (Phi) is 5.07. The van der Waals surface area contributed by atoms with Crippen LogP contribution >= 0.6 is 0 Å². The molecule has 10 nitrogen and oxygen atoms in total. The lowest BCUT2D eigenvalue weighted by atomic mass is 9.96. The van der Waals surface area contributed by atoms with Crippen LogP contribution in [0.4, 0.5) is 0 Å². The van der Waals surface area contributed by atoms with Gasteiger partial charge < -0.3 is 10.0 Å². The van der Waals surface area contributed by atoms with E-state index in [4.69, 9.17) is 5.11 Å². The molecule has 1 amide bonds. The average molecular weight is 395 g/mol. The van der Waals surface area contributed by atoms with Gasteiger partial charge in [-0.05, 0) is 30.9 Å². The molecule has 150 valence electrons. The SMILES string of the molecule is Cn1cc(C(=O)N2CCC(Cn3cc(-c4ccc(C(=O)O)cn4)nn3)CC2)cn1. The van der Waals surface area contributed by atoms with Crippen molar-refractivity contribution in [2.45, 2.75) is 19.4 Å². The first-order chi connectivity index (χ1) is 14.0. The standard InChI is InChI=1S/C19H21N7O3/c1-24-11-15(9-21-24)18(27)25-6-4-13(5-7-25)10-26-12-17(22-23-26)16-3-2-14(8-20-16)19(28)29/h2-3,8-9,11-13H,4-7,10H2,1H3,(H,28,29). The maximum absolute atomic E-state index is 12.5. The van der Waals surface area contributed by atoms with Gasteiger partial charge in [0, 0.05) is 39.1 Å². The topological polar surface area (TPSA) is 119 Å². The summed E-state index contributed by atoms with van der Waals surface area (Å²) in [6.45, 7) is 2.13. The second-order valence-electron chi connectivity index (χ2n) is 7.20. The van der Waals surface area contributed by atoms with E-state index in [0.717, 1.165) is 19.4 Å². The highest BCUT2D eigenvalue weighted by molar-refractivity contribution is 5.93. The van der Waals surface area contributed by atoms with Gasteiger partial charge in [0.1, 0.15) is 5.69 Å². The molecule has 1 fully saturated rings. The number of pyridine rings is 1. The Bertz CT molecular complexity index is 1020. The predicted octanol–water partition coefficient (Wildman–Crippen LogP) is 1.32. The van der Waals surface area contributed by atoms with E-state index in [1.807, 2.05) is 11.1 Å². The fraction of sp³-hybridized carbons (Fsp3) is 0.368. The number of rotatable bonds is 5. The van der Waals surface area contributed by atoms with Crippen LogP contribution in [0.25, 0.3) is 11.4 Å². The summed E-state index contributed by atoms with van der Waals surface area (Å²) in [4.78, 5) is 29.4. The van der Waals surface area contributed by atoms with Crippen molar-refractivity contribution in [1.82, 2.24) is 34.7 Å². The van der Waals surface area contributed by atoms with Crippen LogP contribution in [0.3, 0.4) is 0 Å². The Labute approximate surface area is 166 Å². The summed E-state index contributed by atoms with van der Waals surface area (Å²) in [5.41, 5.74) is 1.94. The van der Waals surface area contributed by atoms with Gasteiger partial charge in [0.25, 0.3) is 5.91 Å². The van der Waals surface area contributed by atoms with E-state index in [0.29, 0.717) is 36.0 Å². The van der Waals surface area contributed by atoms with E-state index in [-0.39, 0.29) is 11.5 Å². The van der Waals surface area contributed by atoms with Gasteiger partial charge in [-0.3, -0.25) is 19.1 Å². The van der Waals surface area contributed by atoms with Crippen LogP contribution in [-0.4, -0.2) is 64.7 Å². The van der Waals surface area contributed by atoms with Crippen LogP contribution in [0, 0.1) is 5.92 Å². The molecule has 0 radical (unpaired) electrons. The number of hydrogen-bond donors (Lipinski definition) is 1. The number of hydrogen-bond acceptors (Lipinski definition) is 6. The van der Waals surface area contributed by atoms with Crippen LogP contribution in [0.5, 0.6) is 0 Å². The number of aryl methyl sites for hydroxylation is 1. The lowest BCUT2D eigenvalue weighted by Gasteiger charge is -2.31. The summed E-state index contributed by atoms with van der Waals surface area (Å²) in [5, 5.41) is 21.3. The van der Waals surface area contributed by atoms with Crippen molar-refractivity contribution in [2.24, 2.45) is 13.0 Å². The fourth-order valence-electron chi connectivity index (χ4n) is 3.47. The Hall–Kier alpha value is -3.56. The Balaban J connectivity index is 1.33. The van der Waals surface area contributed by atoms with Crippen molar-refractivity contribution in [3.8, 4) is 11.4 Å². The Morgan fingerprint density at radius 2 is 1.90 bits per heavy atom. The summed E-state index contributed by atoms with van der Waals surface area (Å²) in [6.07, 6.45) is 8.26. The molecule has 0 atom stereocenters. The summed E-state index contributed by atoms with van der Waals surface area (Å²) < 4.78 is 3.41. The zero-order chi connectivity index (χ0) is 20.4. The molecule has 0 aliphatic carbocycles. The molecule has 0 aromatic carbocycles. The third-order valence-electron chi connectivity index (χ3n) is 5.11. The molecule has 0 unspecified atom stereocenters.